The second-order valence-electron chi connectivity index (χ2n) is 9.68. The Morgan fingerprint density at radius 1 is 1.11 bits per heavy atom. The molecule has 1 aromatic carbocycles. The van der Waals surface area contributed by atoms with Crippen LogP contribution in [0.25, 0.3) is 0 Å². The van der Waals surface area contributed by atoms with Crippen LogP contribution in [0.4, 0.5) is 0 Å². The minimum Gasteiger partial charge on any atom is -0.339 e. The zero-order chi connectivity index (χ0) is 19.0. The van der Waals surface area contributed by atoms with Crippen LogP contribution in [0, 0.1) is 17.8 Å². The van der Waals surface area contributed by atoms with Gasteiger partial charge >= 0.3 is 0 Å². The summed E-state index contributed by atoms with van der Waals surface area (Å²) in [5.41, 5.74) is 7.78. The highest BCUT2D eigenvalue weighted by Gasteiger charge is 2.43. The standard InChI is InChI=1S/C23H35N3O/c1-23(2)16-25(11-12-26(23)15-17-7-4-3-5-8-17)22(27)20-13-18-9-6-10-19(14-20)21(18)24/h3-5,7-8,18-21H,6,9-16,24H2,1-2H3. The summed E-state index contributed by atoms with van der Waals surface area (Å²) in [6.07, 6.45) is 5.77. The SMILES string of the molecule is CC1(C)CN(C(=O)C2CC3CCCC(C2)C3N)CCN1Cc1ccccc1. The normalized spacial score (nSPS) is 33.7. The van der Waals surface area contributed by atoms with Gasteiger partial charge in [-0.2, -0.15) is 0 Å². The van der Waals surface area contributed by atoms with Gasteiger partial charge in [0.05, 0.1) is 0 Å². The number of nitrogens with zero attached hydrogens (tertiary/aromatic N) is 2. The van der Waals surface area contributed by atoms with Crippen LogP contribution in [0.1, 0.15) is 51.5 Å². The van der Waals surface area contributed by atoms with Crippen molar-refractivity contribution in [1.29, 1.82) is 0 Å². The maximum Gasteiger partial charge on any atom is 0.225 e. The van der Waals surface area contributed by atoms with E-state index in [0.717, 1.165) is 39.0 Å². The van der Waals surface area contributed by atoms with Crippen molar-refractivity contribution in [2.24, 2.45) is 23.5 Å². The van der Waals surface area contributed by atoms with Crippen molar-refractivity contribution in [2.75, 3.05) is 19.6 Å². The predicted molar refractivity (Wildman–Crippen MR) is 109 cm³/mol. The first kappa shape index (κ1) is 18.9. The molecule has 1 heterocycles. The number of piperazine rings is 1. The van der Waals surface area contributed by atoms with Crippen LogP contribution in [0.2, 0.25) is 0 Å². The topological polar surface area (TPSA) is 49.6 Å². The lowest BCUT2D eigenvalue weighted by Gasteiger charge is -2.49. The number of nitrogens with two attached hydrogens (primary N) is 1. The van der Waals surface area contributed by atoms with Crippen molar-refractivity contribution in [3.63, 3.8) is 0 Å². The second-order valence-corrected chi connectivity index (χ2v) is 9.68. The summed E-state index contributed by atoms with van der Waals surface area (Å²) < 4.78 is 0. The lowest BCUT2D eigenvalue weighted by molar-refractivity contribution is -0.144. The molecule has 2 bridgehead atoms. The highest BCUT2D eigenvalue weighted by atomic mass is 16.2. The van der Waals surface area contributed by atoms with Gasteiger partial charge in [0.25, 0.3) is 0 Å². The zero-order valence-electron chi connectivity index (χ0n) is 16.9. The average Bonchev–Trinajstić information content (AvgIpc) is 2.63. The molecule has 1 amide bonds. The van der Waals surface area contributed by atoms with Crippen LogP contribution in [0.5, 0.6) is 0 Å². The molecule has 2 saturated carbocycles. The van der Waals surface area contributed by atoms with Crippen molar-refractivity contribution in [2.45, 2.75) is 64.1 Å². The number of hydrogen-bond acceptors (Lipinski definition) is 3. The van der Waals surface area contributed by atoms with E-state index in [0.29, 0.717) is 23.8 Å². The van der Waals surface area contributed by atoms with Crippen LogP contribution in [0.15, 0.2) is 30.3 Å². The Balaban J connectivity index is 1.39. The van der Waals surface area contributed by atoms with Crippen LogP contribution in [-0.4, -0.2) is 46.9 Å². The molecule has 1 aromatic rings. The smallest absolute Gasteiger partial charge is 0.225 e. The molecule has 2 unspecified atom stereocenters. The molecule has 3 aliphatic rings. The molecule has 0 spiro atoms. The summed E-state index contributed by atoms with van der Waals surface area (Å²) in [7, 11) is 0. The number of rotatable bonds is 3. The van der Waals surface area contributed by atoms with Crippen molar-refractivity contribution < 1.29 is 4.79 Å². The first-order valence-electron chi connectivity index (χ1n) is 10.8. The molecule has 0 aromatic heterocycles. The minimum atomic E-state index is 0.00465. The molecule has 2 atom stereocenters. The molecular weight excluding hydrogens is 334 g/mol. The average molecular weight is 370 g/mol. The van der Waals surface area contributed by atoms with Crippen molar-refractivity contribution >= 4 is 5.91 Å². The van der Waals surface area contributed by atoms with E-state index in [4.69, 9.17) is 5.73 Å². The summed E-state index contributed by atoms with van der Waals surface area (Å²) in [5.74, 6) is 1.74. The minimum absolute atomic E-state index is 0.00465. The molecule has 148 valence electrons. The van der Waals surface area contributed by atoms with Crippen molar-refractivity contribution in [3.05, 3.63) is 35.9 Å². The zero-order valence-corrected chi connectivity index (χ0v) is 16.9. The number of carbonyl (C=O) groups is 1. The van der Waals surface area contributed by atoms with E-state index < -0.39 is 0 Å². The van der Waals surface area contributed by atoms with Crippen LogP contribution < -0.4 is 5.73 Å². The summed E-state index contributed by atoms with van der Waals surface area (Å²) >= 11 is 0. The highest BCUT2D eigenvalue weighted by molar-refractivity contribution is 5.79. The van der Waals surface area contributed by atoms with E-state index in [-0.39, 0.29) is 11.5 Å². The maximum absolute atomic E-state index is 13.3. The molecule has 3 fully saturated rings. The quantitative estimate of drug-likeness (QED) is 0.890. The first-order chi connectivity index (χ1) is 12.9. The van der Waals surface area contributed by atoms with Gasteiger partial charge in [-0.05, 0) is 56.9 Å². The van der Waals surface area contributed by atoms with Crippen LogP contribution >= 0.6 is 0 Å². The fourth-order valence-electron chi connectivity index (χ4n) is 5.72. The lowest BCUT2D eigenvalue weighted by atomic mass is 9.65. The molecular formula is C23H35N3O. The number of carbonyl (C=O) groups excluding carboxylic acids is 1. The van der Waals surface area contributed by atoms with Gasteiger partial charge in [-0.15, -0.1) is 0 Å². The number of amides is 1. The maximum atomic E-state index is 13.3. The van der Waals surface area contributed by atoms with E-state index in [1.54, 1.807) is 0 Å². The second kappa shape index (κ2) is 7.56. The predicted octanol–water partition coefficient (Wildman–Crippen LogP) is 3.26. The number of hydrogen-bond donors (Lipinski definition) is 1. The van der Waals surface area contributed by atoms with Gasteiger partial charge in [0, 0.05) is 43.7 Å². The molecule has 2 N–H and O–H groups in total. The van der Waals surface area contributed by atoms with Gasteiger partial charge in [-0.3, -0.25) is 9.69 Å². The summed E-state index contributed by atoms with van der Waals surface area (Å²) in [4.78, 5) is 18.0. The first-order valence-corrected chi connectivity index (χ1v) is 10.8. The van der Waals surface area contributed by atoms with E-state index >= 15 is 0 Å². The molecule has 0 radical (unpaired) electrons. The summed E-state index contributed by atoms with van der Waals surface area (Å²) in [5, 5.41) is 0. The Bertz CT molecular complexity index is 645. The lowest BCUT2D eigenvalue weighted by Crippen LogP contribution is -2.61. The third kappa shape index (κ3) is 3.93. The van der Waals surface area contributed by atoms with Crippen LogP contribution in [0.3, 0.4) is 0 Å². The van der Waals surface area contributed by atoms with Gasteiger partial charge in [0.2, 0.25) is 5.91 Å². The molecule has 1 saturated heterocycles. The van der Waals surface area contributed by atoms with Gasteiger partial charge < -0.3 is 10.6 Å². The monoisotopic (exact) mass is 369 g/mol. The molecule has 4 rings (SSSR count). The van der Waals surface area contributed by atoms with Crippen molar-refractivity contribution in [3.8, 4) is 0 Å². The third-order valence-electron chi connectivity index (χ3n) is 7.36. The van der Waals surface area contributed by atoms with Crippen molar-refractivity contribution in [1.82, 2.24) is 9.80 Å². The number of fused-ring (bicyclic) bond motifs is 2. The van der Waals surface area contributed by atoms with Gasteiger partial charge in [-0.1, -0.05) is 36.8 Å². The summed E-state index contributed by atoms with van der Waals surface area (Å²) in [6, 6.07) is 11.0. The Hall–Kier alpha value is -1.39. The summed E-state index contributed by atoms with van der Waals surface area (Å²) in [6.45, 7) is 8.15. The fourth-order valence-corrected chi connectivity index (χ4v) is 5.72. The Kier molecular flexibility index (Phi) is 5.30. The Morgan fingerprint density at radius 2 is 1.78 bits per heavy atom. The fraction of sp³-hybridized carbons (Fsp3) is 0.696. The van der Waals surface area contributed by atoms with E-state index in [2.05, 4.69) is 54.0 Å². The van der Waals surface area contributed by atoms with Gasteiger partial charge in [-0.25, -0.2) is 0 Å². The third-order valence-corrected chi connectivity index (χ3v) is 7.36. The van der Waals surface area contributed by atoms with E-state index in [1.165, 1.54) is 24.8 Å². The molecule has 1 aliphatic heterocycles. The molecule has 27 heavy (non-hydrogen) atoms. The van der Waals surface area contributed by atoms with Gasteiger partial charge in [0.15, 0.2) is 0 Å². The highest BCUT2D eigenvalue weighted by Crippen LogP contribution is 2.42. The van der Waals surface area contributed by atoms with Gasteiger partial charge in [0.1, 0.15) is 0 Å². The Morgan fingerprint density at radius 3 is 2.41 bits per heavy atom. The molecule has 4 nitrogen and oxygen atoms in total. The largest absolute Gasteiger partial charge is 0.339 e. The molecule has 4 heteroatoms. The van der Waals surface area contributed by atoms with Crippen LogP contribution in [-0.2, 0) is 11.3 Å². The number of benzene rings is 1. The Labute approximate surface area is 164 Å². The van der Waals surface area contributed by atoms with E-state index in [1.807, 2.05) is 0 Å². The molecule has 2 aliphatic carbocycles. The van der Waals surface area contributed by atoms with E-state index in [9.17, 15) is 4.79 Å².